The summed E-state index contributed by atoms with van der Waals surface area (Å²) in [5, 5.41) is 11.7. The fourth-order valence-corrected chi connectivity index (χ4v) is 5.73. The predicted octanol–water partition coefficient (Wildman–Crippen LogP) is 1.51. The molecule has 1 N–H and O–H groups in total. The van der Waals surface area contributed by atoms with E-state index < -0.39 is 15.4 Å². The number of nitrogens with zero attached hydrogens (tertiary/aromatic N) is 3. The lowest BCUT2D eigenvalue weighted by atomic mass is 10.0. The standard InChI is InChI=1S/C16H20N4O4S2/c1-3-7-20-14(12-5-4-8-24-12)18-19-15(20)25-10-13(21)17-16(2)6-9-26(22,23)11-16/h3-5,8H,1,6-7,9-11H2,2H3,(H,17,21)/t16-/m1/s1. The van der Waals surface area contributed by atoms with E-state index in [1.54, 1.807) is 31.4 Å². The lowest BCUT2D eigenvalue weighted by Crippen LogP contribution is -2.47. The number of hydrogen-bond donors (Lipinski definition) is 1. The molecule has 1 aliphatic rings. The fraction of sp³-hybridized carbons (Fsp3) is 0.438. The molecule has 3 rings (SSSR count). The van der Waals surface area contributed by atoms with Gasteiger partial charge in [-0.1, -0.05) is 17.8 Å². The number of thioether (sulfide) groups is 1. The van der Waals surface area contributed by atoms with Gasteiger partial charge in [0.05, 0.1) is 29.1 Å². The maximum atomic E-state index is 12.3. The van der Waals surface area contributed by atoms with E-state index in [0.29, 0.717) is 29.7 Å². The number of aromatic nitrogens is 3. The Morgan fingerprint density at radius 1 is 1.54 bits per heavy atom. The van der Waals surface area contributed by atoms with Gasteiger partial charge in [-0.3, -0.25) is 9.36 Å². The van der Waals surface area contributed by atoms with Crippen LogP contribution in [0, 0.1) is 0 Å². The number of allylic oxidation sites excluding steroid dienone is 1. The molecular formula is C16H20N4O4S2. The molecule has 1 saturated heterocycles. The van der Waals surface area contributed by atoms with Gasteiger partial charge < -0.3 is 9.73 Å². The van der Waals surface area contributed by atoms with Crippen molar-refractivity contribution in [2.75, 3.05) is 17.3 Å². The second-order valence-electron chi connectivity index (χ2n) is 6.42. The molecule has 8 nitrogen and oxygen atoms in total. The quantitative estimate of drug-likeness (QED) is 0.558. The minimum Gasteiger partial charge on any atom is -0.461 e. The lowest BCUT2D eigenvalue weighted by Gasteiger charge is -2.23. The number of rotatable bonds is 7. The second-order valence-corrected chi connectivity index (χ2v) is 9.55. The maximum Gasteiger partial charge on any atom is 0.230 e. The Balaban J connectivity index is 1.66. The smallest absolute Gasteiger partial charge is 0.230 e. The normalized spacial score (nSPS) is 21.6. The molecule has 1 fully saturated rings. The number of amides is 1. The van der Waals surface area contributed by atoms with Crippen LogP contribution in [0.25, 0.3) is 11.6 Å². The molecule has 0 aliphatic carbocycles. The Morgan fingerprint density at radius 3 is 2.96 bits per heavy atom. The fourth-order valence-electron chi connectivity index (χ4n) is 2.89. The Bertz CT molecular complexity index is 905. The molecule has 1 aliphatic heterocycles. The summed E-state index contributed by atoms with van der Waals surface area (Å²) in [5.41, 5.74) is -0.704. The van der Waals surface area contributed by atoms with Crippen LogP contribution < -0.4 is 5.32 Å². The van der Waals surface area contributed by atoms with Gasteiger partial charge in [-0.15, -0.1) is 16.8 Å². The van der Waals surface area contributed by atoms with Crippen LogP contribution in [0.5, 0.6) is 0 Å². The number of carbonyl (C=O) groups is 1. The minimum atomic E-state index is -3.07. The summed E-state index contributed by atoms with van der Waals surface area (Å²) in [7, 11) is -3.07. The molecule has 2 aromatic rings. The van der Waals surface area contributed by atoms with Crippen molar-refractivity contribution in [3.63, 3.8) is 0 Å². The highest BCUT2D eigenvalue weighted by Gasteiger charge is 2.39. The van der Waals surface area contributed by atoms with Crippen molar-refractivity contribution in [3.05, 3.63) is 31.1 Å². The van der Waals surface area contributed by atoms with Crippen molar-refractivity contribution >= 4 is 27.5 Å². The molecule has 0 saturated carbocycles. The van der Waals surface area contributed by atoms with Gasteiger partial charge >= 0.3 is 0 Å². The Hall–Kier alpha value is -2.07. The molecule has 0 radical (unpaired) electrons. The van der Waals surface area contributed by atoms with Crippen LogP contribution >= 0.6 is 11.8 Å². The summed E-state index contributed by atoms with van der Waals surface area (Å²) >= 11 is 1.23. The molecule has 0 bridgehead atoms. The first-order valence-electron chi connectivity index (χ1n) is 8.04. The highest BCUT2D eigenvalue weighted by Crippen LogP contribution is 2.26. The molecule has 10 heteroatoms. The predicted molar refractivity (Wildman–Crippen MR) is 98.5 cm³/mol. The first-order chi connectivity index (χ1) is 12.3. The zero-order valence-corrected chi connectivity index (χ0v) is 16.0. The van der Waals surface area contributed by atoms with Crippen LogP contribution in [-0.4, -0.2) is 51.9 Å². The van der Waals surface area contributed by atoms with Crippen LogP contribution in [0.1, 0.15) is 13.3 Å². The summed E-state index contributed by atoms with van der Waals surface area (Å²) in [6, 6.07) is 3.55. The van der Waals surface area contributed by atoms with E-state index >= 15 is 0 Å². The van der Waals surface area contributed by atoms with Gasteiger partial charge in [0.25, 0.3) is 0 Å². The van der Waals surface area contributed by atoms with Gasteiger partial charge in [0.15, 0.2) is 20.8 Å². The molecule has 2 aromatic heterocycles. The Morgan fingerprint density at radius 2 is 2.35 bits per heavy atom. The zero-order chi connectivity index (χ0) is 18.8. The number of nitrogens with one attached hydrogen (secondary N) is 1. The number of carbonyl (C=O) groups excluding carboxylic acids is 1. The number of sulfone groups is 1. The topological polar surface area (TPSA) is 107 Å². The minimum absolute atomic E-state index is 0.0221. The van der Waals surface area contributed by atoms with Crippen LogP contribution in [0.3, 0.4) is 0 Å². The lowest BCUT2D eigenvalue weighted by molar-refractivity contribution is -0.120. The van der Waals surface area contributed by atoms with E-state index in [-0.39, 0.29) is 23.2 Å². The van der Waals surface area contributed by atoms with Crippen LogP contribution in [-0.2, 0) is 21.2 Å². The second kappa shape index (κ2) is 7.28. The molecule has 1 atom stereocenters. The summed E-state index contributed by atoms with van der Waals surface area (Å²) in [6.45, 7) is 5.97. The summed E-state index contributed by atoms with van der Waals surface area (Å²) in [4.78, 5) is 12.3. The van der Waals surface area contributed by atoms with Gasteiger partial charge in [0.1, 0.15) is 0 Å². The van der Waals surface area contributed by atoms with E-state index in [1.807, 2.05) is 4.57 Å². The molecule has 0 spiro atoms. The molecule has 1 amide bonds. The third-order valence-corrected chi connectivity index (χ3v) is 6.92. The van der Waals surface area contributed by atoms with E-state index in [0.717, 1.165) is 0 Å². The number of hydrogen-bond acceptors (Lipinski definition) is 7. The van der Waals surface area contributed by atoms with Crippen molar-refractivity contribution in [1.82, 2.24) is 20.1 Å². The first-order valence-corrected chi connectivity index (χ1v) is 10.8. The number of furan rings is 1. The van der Waals surface area contributed by atoms with E-state index in [4.69, 9.17) is 4.42 Å². The van der Waals surface area contributed by atoms with Crippen molar-refractivity contribution in [2.24, 2.45) is 0 Å². The van der Waals surface area contributed by atoms with Gasteiger partial charge in [-0.25, -0.2) is 8.42 Å². The average molecular weight is 396 g/mol. The van der Waals surface area contributed by atoms with E-state index in [9.17, 15) is 13.2 Å². The molecule has 0 aromatic carbocycles. The van der Waals surface area contributed by atoms with Crippen molar-refractivity contribution < 1.29 is 17.6 Å². The van der Waals surface area contributed by atoms with Gasteiger partial charge in [0, 0.05) is 6.54 Å². The summed E-state index contributed by atoms with van der Waals surface area (Å²) in [6.07, 6.45) is 3.70. The zero-order valence-electron chi connectivity index (χ0n) is 14.3. The SMILES string of the molecule is C=CCn1c(SCC(=O)N[C@]2(C)CCS(=O)(=O)C2)nnc1-c1ccco1. The van der Waals surface area contributed by atoms with Gasteiger partial charge in [-0.05, 0) is 25.5 Å². The average Bonchev–Trinajstić information content (AvgIpc) is 3.25. The monoisotopic (exact) mass is 396 g/mol. The summed E-state index contributed by atoms with van der Waals surface area (Å²) < 4.78 is 30.5. The van der Waals surface area contributed by atoms with Crippen LogP contribution in [0.4, 0.5) is 0 Å². The Labute approximate surface area is 156 Å². The van der Waals surface area contributed by atoms with Gasteiger partial charge in [0.2, 0.25) is 11.7 Å². The first kappa shape index (κ1) is 18.7. The maximum absolute atomic E-state index is 12.3. The molecule has 3 heterocycles. The molecule has 26 heavy (non-hydrogen) atoms. The largest absolute Gasteiger partial charge is 0.461 e. The summed E-state index contributed by atoms with van der Waals surface area (Å²) in [5.74, 6) is 1.11. The molecule has 0 unspecified atom stereocenters. The third-order valence-electron chi connectivity index (χ3n) is 4.05. The van der Waals surface area contributed by atoms with Crippen molar-refractivity contribution in [3.8, 4) is 11.6 Å². The highest BCUT2D eigenvalue weighted by molar-refractivity contribution is 7.99. The van der Waals surface area contributed by atoms with E-state index in [1.165, 1.54) is 11.8 Å². The third kappa shape index (κ3) is 4.18. The van der Waals surface area contributed by atoms with Gasteiger partial charge in [-0.2, -0.15) is 0 Å². The van der Waals surface area contributed by atoms with Crippen LogP contribution in [0.15, 0.2) is 40.6 Å². The molecule has 140 valence electrons. The van der Waals surface area contributed by atoms with Crippen molar-refractivity contribution in [2.45, 2.75) is 30.6 Å². The van der Waals surface area contributed by atoms with Crippen molar-refractivity contribution in [1.29, 1.82) is 0 Å². The highest BCUT2D eigenvalue weighted by atomic mass is 32.2. The van der Waals surface area contributed by atoms with E-state index in [2.05, 4.69) is 22.1 Å². The van der Waals surface area contributed by atoms with Crippen LogP contribution in [0.2, 0.25) is 0 Å². The molecular weight excluding hydrogens is 376 g/mol. The Kier molecular flexibility index (Phi) is 5.24.